The molecule has 0 radical (unpaired) electrons. The van der Waals surface area contributed by atoms with E-state index in [0.717, 1.165) is 50.0 Å². The van der Waals surface area contributed by atoms with Crippen molar-refractivity contribution in [2.24, 2.45) is 13.0 Å². The zero-order valence-corrected chi connectivity index (χ0v) is 14.4. The van der Waals surface area contributed by atoms with Crippen molar-refractivity contribution in [1.82, 2.24) is 19.8 Å². The van der Waals surface area contributed by atoms with Crippen molar-refractivity contribution in [3.8, 4) is 0 Å². The number of likely N-dealkylation sites (tertiary alicyclic amines) is 1. The van der Waals surface area contributed by atoms with Crippen LogP contribution in [0.4, 0.5) is 0 Å². The lowest BCUT2D eigenvalue weighted by molar-refractivity contribution is 0.0891. The summed E-state index contributed by atoms with van der Waals surface area (Å²) in [5.74, 6) is 1.80. The molecule has 2 N–H and O–H groups in total. The number of aryl methyl sites for hydroxylation is 1. The van der Waals surface area contributed by atoms with Gasteiger partial charge in [-0.15, -0.1) is 0 Å². The van der Waals surface area contributed by atoms with Crippen molar-refractivity contribution in [3.05, 3.63) is 54.1 Å². The van der Waals surface area contributed by atoms with Crippen LogP contribution in [0.3, 0.4) is 0 Å². The van der Waals surface area contributed by atoms with E-state index in [1.54, 1.807) is 0 Å². The minimum atomic E-state index is -0.385. The number of aliphatic hydroxyl groups is 1. The lowest BCUT2D eigenvalue weighted by atomic mass is 9.96. The number of hydrogen-bond donors (Lipinski definition) is 2. The summed E-state index contributed by atoms with van der Waals surface area (Å²) in [5.41, 5.74) is 1.01. The molecule has 0 bridgehead atoms. The molecule has 0 aliphatic carbocycles. The highest BCUT2D eigenvalue weighted by Gasteiger charge is 2.21. The van der Waals surface area contributed by atoms with Crippen LogP contribution in [0.2, 0.25) is 0 Å². The fourth-order valence-corrected chi connectivity index (χ4v) is 3.35. The second-order valence-electron chi connectivity index (χ2n) is 6.76. The molecule has 0 unspecified atom stereocenters. The summed E-state index contributed by atoms with van der Waals surface area (Å²) in [5, 5.41) is 13.9. The quantitative estimate of drug-likeness (QED) is 0.816. The average Bonchev–Trinajstić information content (AvgIpc) is 3.02. The fourth-order valence-electron chi connectivity index (χ4n) is 3.35. The number of β-amino-alcohol motifs (C(OH)–C–C–N with tert-alkyl or cyclic N) is 1. The second kappa shape index (κ2) is 8.42. The van der Waals surface area contributed by atoms with Gasteiger partial charge in [0.25, 0.3) is 0 Å². The number of aliphatic hydroxyl groups excluding tert-OH is 1. The monoisotopic (exact) mass is 328 g/mol. The highest BCUT2D eigenvalue weighted by Crippen LogP contribution is 2.20. The third kappa shape index (κ3) is 4.66. The first-order valence-electron chi connectivity index (χ1n) is 8.84. The van der Waals surface area contributed by atoms with Gasteiger partial charge in [0.05, 0.1) is 12.6 Å². The van der Waals surface area contributed by atoms with Crippen LogP contribution in [0.15, 0.2) is 42.7 Å². The van der Waals surface area contributed by atoms with Crippen LogP contribution in [0.25, 0.3) is 0 Å². The molecule has 1 atom stereocenters. The van der Waals surface area contributed by atoms with Crippen molar-refractivity contribution in [3.63, 3.8) is 0 Å². The van der Waals surface area contributed by atoms with Crippen molar-refractivity contribution < 1.29 is 5.11 Å². The van der Waals surface area contributed by atoms with Gasteiger partial charge in [0.1, 0.15) is 5.82 Å². The lowest BCUT2D eigenvalue weighted by Gasteiger charge is -2.33. The summed E-state index contributed by atoms with van der Waals surface area (Å²) in [7, 11) is 2.03. The SMILES string of the molecule is Cn1ccnc1CNCC1CCN(C[C@@H](O)c2ccccc2)CC1. The van der Waals surface area contributed by atoms with Gasteiger partial charge in [-0.05, 0) is 44.0 Å². The Morgan fingerprint density at radius 2 is 2.00 bits per heavy atom. The molecule has 1 fully saturated rings. The topological polar surface area (TPSA) is 53.3 Å². The van der Waals surface area contributed by atoms with Crippen LogP contribution >= 0.6 is 0 Å². The average molecular weight is 328 g/mol. The maximum atomic E-state index is 10.3. The Morgan fingerprint density at radius 3 is 2.67 bits per heavy atom. The van der Waals surface area contributed by atoms with Gasteiger partial charge in [-0.3, -0.25) is 0 Å². The van der Waals surface area contributed by atoms with Gasteiger partial charge in [-0.25, -0.2) is 4.98 Å². The first-order valence-corrected chi connectivity index (χ1v) is 8.84. The predicted octanol–water partition coefficient (Wildman–Crippen LogP) is 1.96. The van der Waals surface area contributed by atoms with E-state index in [2.05, 4.69) is 19.8 Å². The fraction of sp³-hybridized carbons (Fsp3) is 0.526. The van der Waals surface area contributed by atoms with Gasteiger partial charge in [-0.2, -0.15) is 0 Å². The number of rotatable bonds is 7. The van der Waals surface area contributed by atoms with Crippen molar-refractivity contribution in [2.45, 2.75) is 25.5 Å². The Kier molecular flexibility index (Phi) is 6.01. The molecule has 2 aromatic rings. The first-order chi connectivity index (χ1) is 11.7. The number of piperidine rings is 1. The van der Waals surface area contributed by atoms with Crippen molar-refractivity contribution in [2.75, 3.05) is 26.2 Å². The number of nitrogens with one attached hydrogen (secondary N) is 1. The Morgan fingerprint density at radius 1 is 1.25 bits per heavy atom. The normalized spacial score (nSPS) is 17.9. The highest BCUT2D eigenvalue weighted by atomic mass is 16.3. The van der Waals surface area contributed by atoms with E-state index in [1.807, 2.05) is 49.8 Å². The van der Waals surface area contributed by atoms with Crippen LogP contribution in [0.5, 0.6) is 0 Å². The molecule has 130 valence electrons. The van der Waals surface area contributed by atoms with Crippen LogP contribution in [0.1, 0.15) is 30.3 Å². The number of benzene rings is 1. The molecule has 24 heavy (non-hydrogen) atoms. The predicted molar refractivity (Wildman–Crippen MR) is 95.5 cm³/mol. The number of imidazole rings is 1. The van der Waals surface area contributed by atoms with Crippen LogP contribution in [0, 0.1) is 5.92 Å². The number of aromatic nitrogens is 2. The van der Waals surface area contributed by atoms with Crippen molar-refractivity contribution in [1.29, 1.82) is 0 Å². The Labute approximate surface area is 144 Å². The highest BCUT2D eigenvalue weighted by molar-refractivity contribution is 5.17. The van der Waals surface area contributed by atoms with Gasteiger partial charge < -0.3 is 19.9 Å². The van der Waals surface area contributed by atoms with E-state index in [1.165, 1.54) is 12.8 Å². The van der Waals surface area contributed by atoms with E-state index < -0.39 is 0 Å². The van der Waals surface area contributed by atoms with E-state index in [-0.39, 0.29) is 6.10 Å². The molecule has 3 rings (SSSR count). The largest absolute Gasteiger partial charge is 0.387 e. The molecule has 1 aliphatic heterocycles. The molecule has 5 nitrogen and oxygen atoms in total. The Balaban J connectivity index is 1.36. The second-order valence-corrected chi connectivity index (χ2v) is 6.76. The summed E-state index contributed by atoms with van der Waals surface area (Å²) in [6.45, 7) is 4.74. The minimum Gasteiger partial charge on any atom is -0.387 e. The number of hydrogen-bond acceptors (Lipinski definition) is 4. The molecule has 0 spiro atoms. The zero-order chi connectivity index (χ0) is 16.8. The molecule has 5 heteroatoms. The Hall–Kier alpha value is -1.69. The maximum Gasteiger partial charge on any atom is 0.122 e. The molecule has 1 aromatic carbocycles. The van der Waals surface area contributed by atoms with Crippen LogP contribution in [-0.4, -0.2) is 45.7 Å². The molecule has 0 saturated carbocycles. The molecule has 1 aromatic heterocycles. The standard InChI is InChI=1S/C19H28N4O/c1-22-12-9-21-19(22)14-20-13-16-7-10-23(11-8-16)15-18(24)17-5-3-2-4-6-17/h2-6,9,12,16,18,20,24H,7-8,10-11,13-15H2,1H3/t18-/m1/s1. The third-order valence-corrected chi connectivity index (χ3v) is 4.96. The molecule has 1 saturated heterocycles. The smallest absolute Gasteiger partial charge is 0.122 e. The molecule has 2 heterocycles. The summed E-state index contributed by atoms with van der Waals surface area (Å²) in [6, 6.07) is 9.95. The molecule has 1 aliphatic rings. The van der Waals surface area contributed by atoms with Crippen LogP contribution in [-0.2, 0) is 13.6 Å². The zero-order valence-electron chi connectivity index (χ0n) is 14.4. The van der Waals surface area contributed by atoms with Gasteiger partial charge in [0, 0.05) is 26.0 Å². The van der Waals surface area contributed by atoms with Gasteiger partial charge >= 0.3 is 0 Å². The molecular formula is C19H28N4O. The maximum absolute atomic E-state index is 10.3. The Bertz CT molecular complexity index is 605. The van der Waals surface area contributed by atoms with Gasteiger partial charge in [-0.1, -0.05) is 30.3 Å². The van der Waals surface area contributed by atoms with E-state index >= 15 is 0 Å². The summed E-state index contributed by atoms with van der Waals surface area (Å²) < 4.78 is 2.06. The van der Waals surface area contributed by atoms with Crippen LogP contribution < -0.4 is 5.32 Å². The number of nitrogens with zero attached hydrogens (tertiary/aromatic N) is 3. The van der Waals surface area contributed by atoms with Gasteiger partial charge in [0.2, 0.25) is 0 Å². The summed E-state index contributed by atoms with van der Waals surface area (Å²) in [4.78, 5) is 6.72. The van der Waals surface area contributed by atoms with Gasteiger partial charge in [0.15, 0.2) is 0 Å². The van der Waals surface area contributed by atoms with Crippen molar-refractivity contribution >= 4 is 0 Å². The molecule has 0 amide bonds. The lowest BCUT2D eigenvalue weighted by Crippen LogP contribution is -2.39. The summed E-state index contributed by atoms with van der Waals surface area (Å²) in [6.07, 6.45) is 5.81. The van der Waals surface area contributed by atoms with E-state index in [0.29, 0.717) is 0 Å². The minimum absolute atomic E-state index is 0.385. The summed E-state index contributed by atoms with van der Waals surface area (Å²) >= 11 is 0. The van der Waals surface area contributed by atoms with E-state index in [9.17, 15) is 5.11 Å². The van der Waals surface area contributed by atoms with E-state index in [4.69, 9.17) is 0 Å². The first kappa shape index (κ1) is 17.1. The third-order valence-electron chi connectivity index (χ3n) is 4.96. The molecular weight excluding hydrogens is 300 g/mol.